The minimum Gasteiger partial charge on any atom is -0.494 e. The van der Waals surface area contributed by atoms with Crippen molar-refractivity contribution >= 4 is 29.5 Å². The molecule has 1 spiro atoms. The fourth-order valence-electron chi connectivity index (χ4n) is 6.23. The van der Waals surface area contributed by atoms with Crippen molar-refractivity contribution in [1.82, 2.24) is 5.01 Å². The van der Waals surface area contributed by atoms with Gasteiger partial charge in [0.05, 0.1) is 28.2 Å². The molecule has 0 N–H and O–H groups in total. The van der Waals surface area contributed by atoms with E-state index in [2.05, 4.69) is 5.10 Å². The van der Waals surface area contributed by atoms with Crippen LogP contribution in [0.4, 0.5) is 11.4 Å². The van der Waals surface area contributed by atoms with Gasteiger partial charge in [-0.2, -0.15) is 5.10 Å². The Balaban J connectivity index is 1.42. The predicted molar refractivity (Wildman–Crippen MR) is 175 cm³/mol. The maximum atomic E-state index is 14.2. The molecule has 1 amide bonds. The number of amides is 1. The second-order valence-electron chi connectivity index (χ2n) is 10.9. The Morgan fingerprint density at radius 1 is 0.816 bits per heavy atom. The van der Waals surface area contributed by atoms with E-state index in [1.54, 1.807) is 54.6 Å². The van der Waals surface area contributed by atoms with Crippen molar-refractivity contribution in [1.29, 1.82) is 0 Å². The van der Waals surface area contributed by atoms with Crippen molar-refractivity contribution in [3.63, 3.8) is 0 Å². The molecule has 5 aromatic rings. The summed E-state index contributed by atoms with van der Waals surface area (Å²) in [6.07, 6.45) is 1.27. The van der Waals surface area contributed by atoms with Crippen LogP contribution in [0.15, 0.2) is 114 Å². The smallest absolute Gasteiger partial charge is 0.350 e. The largest absolute Gasteiger partial charge is 0.494 e. The average Bonchev–Trinajstić information content (AvgIpc) is 3.35. The number of carbonyl (C=O) groups excluding carboxylic acids is 2. The first-order valence-corrected chi connectivity index (χ1v) is 15.0. The van der Waals surface area contributed by atoms with Crippen LogP contribution in [0.5, 0.6) is 23.0 Å². The SMILES string of the molecule is CCOc1ccc2c(c1)Oc1cc(OC(=O)c3ccccc3[N+](=O)[O-])ccc1C21c2ccccc2C(=O)N1/N=C/c1ccccc1[N+](=O)[O-]. The Hall–Kier alpha value is -6.89. The van der Waals surface area contributed by atoms with Crippen LogP contribution in [-0.4, -0.2) is 39.6 Å². The van der Waals surface area contributed by atoms with Crippen LogP contribution in [-0.2, 0) is 5.54 Å². The average molecular weight is 657 g/mol. The summed E-state index contributed by atoms with van der Waals surface area (Å²) in [5, 5.41) is 29.2. The van der Waals surface area contributed by atoms with Gasteiger partial charge in [-0.1, -0.05) is 42.5 Å². The van der Waals surface area contributed by atoms with Gasteiger partial charge in [0.1, 0.15) is 34.1 Å². The minimum atomic E-state index is -1.44. The second kappa shape index (κ2) is 12.0. The van der Waals surface area contributed by atoms with Gasteiger partial charge in [-0.05, 0) is 49.4 Å². The molecule has 2 heterocycles. The summed E-state index contributed by atoms with van der Waals surface area (Å²) in [5.74, 6) is -0.389. The first-order valence-electron chi connectivity index (χ1n) is 15.0. The normalized spacial score (nSPS) is 15.7. The van der Waals surface area contributed by atoms with E-state index in [9.17, 15) is 29.8 Å². The highest BCUT2D eigenvalue weighted by Gasteiger charge is 2.57. The van der Waals surface area contributed by atoms with Gasteiger partial charge in [-0.3, -0.25) is 25.0 Å². The number of hydrogen-bond acceptors (Lipinski definition) is 10. The van der Waals surface area contributed by atoms with Crippen LogP contribution in [0.25, 0.3) is 0 Å². The van der Waals surface area contributed by atoms with Crippen molar-refractivity contribution in [2.45, 2.75) is 12.5 Å². The Morgan fingerprint density at radius 2 is 1.43 bits per heavy atom. The number of fused-ring (bicyclic) bond motifs is 6. The molecule has 0 bridgehead atoms. The monoisotopic (exact) mass is 656 g/mol. The highest BCUT2D eigenvalue weighted by atomic mass is 16.6. The lowest BCUT2D eigenvalue weighted by molar-refractivity contribution is -0.385. The van der Waals surface area contributed by atoms with Gasteiger partial charge in [-0.15, -0.1) is 0 Å². The van der Waals surface area contributed by atoms with Gasteiger partial charge in [0.25, 0.3) is 17.3 Å². The lowest BCUT2D eigenvalue weighted by Crippen LogP contribution is -2.44. The third kappa shape index (κ3) is 5.00. The van der Waals surface area contributed by atoms with Crippen LogP contribution < -0.4 is 14.2 Å². The molecule has 7 rings (SSSR count). The molecule has 0 aromatic heterocycles. The third-order valence-corrected chi connectivity index (χ3v) is 8.25. The number of ether oxygens (including phenoxy) is 3. The van der Waals surface area contributed by atoms with Gasteiger partial charge in [0.2, 0.25) is 0 Å². The summed E-state index contributed by atoms with van der Waals surface area (Å²) in [4.78, 5) is 49.5. The Bertz CT molecular complexity index is 2230. The van der Waals surface area contributed by atoms with E-state index < -0.39 is 32.9 Å². The molecule has 0 aliphatic carbocycles. The zero-order valence-electron chi connectivity index (χ0n) is 25.6. The number of hydrazone groups is 1. The van der Waals surface area contributed by atoms with Crippen LogP contribution in [0.1, 0.15) is 49.9 Å². The van der Waals surface area contributed by atoms with Crippen molar-refractivity contribution in [3.05, 3.63) is 163 Å². The summed E-state index contributed by atoms with van der Waals surface area (Å²) in [6.45, 7) is 2.21. The molecule has 0 saturated carbocycles. The van der Waals surface area contributed by atoms with E-state index in [4.69, 9.17) is 14.2 Å². The van der Waals surface area contributed by atoms with E-state index in [1.165, 1.54) is 65.8 Å². The summed E-state index contributed by atoms with van der Waals surface area (Å²) in [6, 6.07) is 28.2. The first kappa shape index (κ1) is 30.7. The highest BCUT2D eigenvalue weighted by Crippen LogP contribution is 2.58. The number of rotatable bonds is 8. The summed E-state index contributed by atoms with van der Waals surface area (Å²) in [5.41, 5.74) is -0.194. The lowest BCUT2D eigenvalue weighted by Gasteiger charge is -2.41. The quantitative estimate of drug-likeness (QED) is 0.0562. The van der Waals surface area contributed by atoms with E-state index in [1.807, 2.05) is 6.92 Å². The summed E-state index contributed by atoms with van der Waals surface area (Å²) in [7, 11) is 0. The first-order chi connectivity index (χ1) is 23.7. The van der Waals surface area contributed by atoms with E-state index in [0.717, 1.165) is 0 Å². The number of nitro benzene ring substituents is 2. The number of esters is 1. The van der Waals surface area contributed by atoms with Crippen molar-refractivity contribution in [2.75, 3.05) is 6.61 Å². The van der Waals surface area contributed by atoms with Gasteiger partial charge in [0, 0.05) is 46.5 Å². The Kier molecular flexibility index (Phi) is 7.56. The molecule has 0 fully saturated rings. The maximum absolute atomic E-state index is 14.2. The molecular weight excluding hydrogens is 632 g/mol. The van der Waals surface area contributed by atoms with E-state index in [0.29, 0.717) is 40.4 Å². The van der Waals surface area contributed by atoms with Gasteiger partial charge in [0.15, 0.2) is 0 Å². The Morgan fingerprint density at radius 3 is 2.14 bits per heavy atom. The van der Waals surface area contributed by atoms with Gasteiger partial charge < -0.3 is 14.2 Å². The van der Waals surface area contributed by atoms with Crippen molar-refractivity contribution < 1.29 is 33.6 Å². The molecule has 1 atom stereocenters. The second-order valence-corrected chi connectivity index (χ2v) is 10.9. The number of nitrogens with zero attached hydrogens (tertiary/aromatic N) is 4. The third-order valence-electron chi connectivity index (χ3n) is 8.25. The summed E-state index contributed by atoms with van der Waals surface area (Å²) >= 11 is 0. The molecule has 5 aromatic carbocycles. The molecule has 242 valence electrons. The van der Waals surface area contributed by atoms with Crippen molar-refractivity contribution in [3.8, 4) is 23.0 Å². The maximum Gasteiger partial charge on any atom is 0.350 e. The summed E-state index contributed by atoms with van der Waals surface area (Å²) < 4.78 is 17.7. The molecule has 2 aliphatic rings. The standard InChI is InChI=1S/C36H24N4O9/c1-2-47-23-15-17-28-32(19-23)49-33-20-24(48-35(42)26-11-5-8-14-31(26)40(45)46)16-18-29(33)36(28)27-12-6-4-10-25(27)34(41)38(36)37-21-22-9-3-7-13-30(22)39(43)44/h3-21H,2H2,1H3/b37-21+. The number of nitro groups is 2. The Labute approximate surface area is 277 Å². The zero-order chi connectivity index (χ0) is 34.3. The predicted octanol–water partition coefficient (Wildman–Crippen LogP) is 7.01. The fourth-order valence-corrected chi connectivity index (χ4v) is 6.23. The van der Waals surface area contributed by atoms with Gasteiger partial charge in [-0.25, -0.2) is 9.80 Å². The van der Waals surface area contributed by atoms with E-state index in [-0.39, 0.29) is 28.3 Å². The number of para-hydroxylation sites is 2. The van der Waals surface area contributed by atoms with E-state index >= 15 is 0 Å². The molecular formula is C36H24N4O9. The molecule has 49 heavy (non-hydrogen) atoms. The van der Waals surface area contributed by atoms with Crippen LogP contribution in [0.2, 0.25) is 0 Å². The molecule has 2 aliphatic heterocycles. The molecule has 1 unspecified atom stereocenters. The number of hydrogen-bond donors (Lipinski definition) is 0. The number of benzene rings is 5. The highest BCUT2D eigenvalue weighted by molar-refractivity contribution is 6.03. The fraction of sp³-hybridized carbons (Fsp3) is 0.0833. The van der Waals surface area contributed by atoms with Crippen molar-refractivity contribution in [2.24, 2.45) is 5.10 Å². The molecule has 13 nitrogen and oxygen atoms in total. The van der Waals surface area contributed by atoms with Gasteiger partial charge >= 0.3 is 5.97 Å². The molecule has 13 heteroatoms. The molecule has 0 radical (unpaired) electrons. The lowest BCUT2D eigenvalue weighted by atomic mass is 9.75. The number of carbonyl (C=O) groups is 2. The molecule has 0 saturated heterocycles. The zero-order valence-corrected chi connectivity index (χ0v) is 25.6. The van der Waals surface area contributed by atoms with Crippen LogP contribution >= 0.6 is 0 Å². The minimum absolute atomic E-state index is 0.0223. The van der Waals surface area contributed by atoms with Crippen LogP contribution in [0, 0.1) is 20.2 Å². The van der Waals surface area contributed by atoms with Crippen LogP contribution in [0.3, 0.4) is 0 Å². The topological polar surface area (TPSA) is 164 Å².